The minimum absolute atomic E-state index is 0.156. The zero-order valence-electron chi connectivity index (χ0n) is 15.1. The predicted molar refractivity (Wildman–Crippen MR) is 92.7 cm³/mol. The third kappa shape index (κ3) is 3.09. The number of hydrogen-bond donors (Lipinski definition) is 0. The van der Waals surface area contributed by atoms with Crippen LogP contribution in [0.1, 0.15) is 49.1 Å². The molecular formula is C18H27N5O. The molecule has 1 saturated heterocycles. The molecule has 0 aromatic carbocycles. The van der Waals surface area contributed by atoms with Crippen molar-refractivity contribution in [2.75, 3.05) is 6.54 Å². The van der Waals surface area contributed by atoms with Crippen LogP contribution < -0.4 is 0 Å². The van der Waals surface area contributed by atoms with Crippen molar-refractivity contribution in [3.8, 4) is 0 Å². The van der Waals surface area contributed by atoms with Gasteiger partial charge in [0.1, 0.15) is 0 Å². The van der Waals surface area contributed by atoms with Crippen molar-refractivity contribution in [2.45, 2.75) is 58.5 Å². The number of carbonyl (C=O) groups is 1. The molecule has 0 aliphatic carbocycles. The van der Waals surface area contributed by atoms with E-state index in [0.717, 1.165) is 42.9 Å². The second-order valence-electron chi connectivity index (χ2n) is 6.84. The van der Waals surface area contributed by atoms with Gasteiger partial charge in [-0.15, -0.1) is 0 Å². The molecule has 0 bridgehead atoms. The van der Waals surface area contributed by atoms with Crippen molar-refractivity contribution in [3.63, 3.8) is 0 Å². The Bertz CT molecular complexity index is 703. The first-order valence-electron chi connectivity index (χ1n) is 8.77. The molecule has 3 rings (SSSR count). The fourth-order valence-corrected chi connectivity index (χ4v) is 3.89. The lowest BCUT2D eigenvalue weighted by Crippen LogP contribution is -2.47. The molecule has 2 aromatic heterocycles. The van der Waals surface area contributed by atoms with Crippen LogP contribution in [0.4, 0.5) is 0 Å². The first-order chi connectivity index (χ1) is 11.5. The fourth-order valence-electron chi connectivity index (χ4n) is 3.89. The van der Waals surface area contributed by atoms with Gasteiger partial charge in [-0.1, -0.05) is 0 Å². The van der Waals surface area contributed by atoms with Crippen LogP contribution in [0.25, 0.3) is 0 Å². The molecule has 2 aromatic rings. The van der Waals surface area contributed by atoms with Gasteiger partial charge in [-0.2, -0.15) is 10.2 Å². The van der Waals surface area contributed by atoms with Gasteiger partial charge in [0.15, 0.2) is 0 Å². The van der Waals surface area contributed by atoms with E-state index < -0.39 is 0 Å². The minimum atomic E-state index is -0.156. The number of aromatic nitrogens is 4. The molecule has 3 heterocycles. The van der Waals surface area contributed by atoms with E-state index in [-0.39, 0.29) is 17.9 Å². The van der Waals surface area contributed by atoms with Gasteiger partial charge >= 0.3 is 0 Å². The van der Waals surface area contributed by atoms with Gasteiger partial charge in [0.2, 0.25) is 5.91 Å². The molecule has 2 atom stereocenters. The normalized spacial score (nSPS) is 19.5. The van der Waals surface area contributed by atoms with Crippen LogP contribution in [0, 0.1) is 13.8 Å². The summed E-state index contributed by atoms with van der Waals surface area (Å²) in [4.78, 5) is 15.3. The number of hydrogen-bond acceptors (Lipinski definition) is 3. The molecule has 1 fully saturated rings. The Morgan fingerprint density at radius 1 is 1.38 bits per heavy atom. The van der Waals surface area contributed by atoms with Crippen LogP contribution in [0.3, 0.4) is 0 Å². The van der Waals surface area contributed by atoms with Crippen LogP contribution in [-0.4, -0.2) is 43.0 Å². The molecule has 0 unspecified atom stereocenters. The lowest BCUT2D eigenvalue weighted by molar-refractivity contribution is -0.136. The first-order valence-corrected chi connectivity index (χ1v) is 8.77. The molecule has 0 spiro atoms. The minimum Gasteiger partial charge on any atom is -0.337 e. The molecule has 1 amide bonds. The van der Waals surface area contributed by atoms with Crippen molar-refractivity contribution in [1.29, 1.82) is 0 Å². The number of carbonyl (C=O) groups excluding carboxylic acids is 1. The summed E-state index contributed by atoms with van der Waals surface area (Å²) in [6, 6.07) is 2.16. The van der Waals surface area contributed by atoms with E-state index in [1.165, 1.54) is 6.42 Å². The van der Waals surface area contributed by atoms with Gasteiger partial charge in [-0.25, -0.2) is 0 Å². The molecule has 0 N–H and O–H groups in total. The second kappa shape index (κ2) is 6.79. The maximum atomic E-state index is 13.2. The van der Waals surface area contributed by atoms with E-state index in [1.54, 1.807) is 6.20 Å². The summed E-state index contributed by atoms with van der Waals surface area (Å²) in [5.41, 5.74) is 3.11. The average Bonchev–Trinajstić information content (AvgIpc) is 3.15. The average molecular weight is 329 g/mol. The van der Waals surface area contributed by atoms with Crippen LogP contribution in [0.5, 0.6) is 0 Å². The van der Waals surface area contributed by atoms with Gasteiger partial charge in [-0.3, -0.25) is 14.2 Å². The highest BCUT2D eigenvalue weighted by molar-refractivity contribution is 5.84. The third-order valence-corrected chi connectivity index (χ3v) is 5.24. The van der Waals surface area contributed by atoms with Gasteiger partial charge < -0.3 is 4.90 Å². The maximum absolute atomic E-state index is 13.2. The van der Waals surface area contributed by atoms with E-state index in [1.807, 2.05) is 49.4 Å². The van der Waals surface area contributed by atoms with Crippen molar-refractivity contribution in [3.05, 3.63) is 35.4 Å². The summed E-state index contributed by atoms with van der Waals surface area (Å²) in [5.74, 6) is 0.0583. The summed E-state index contributed by atoms with van der Waals surface area (Å²) >= 11 is 0. The molecular weight excluding hydrogens is 302 g/mol. The Labute approximate surface area is 143 Å². The lowest BCUT2D eigenvalue weighted by Gasteiger charge is -2.37. The van der Waals surface area contributed by atoms with E-state index in [2.05, 4.69) is 15.1 Å². The second-order valence-corrected chi connectivity index (χ2v) is 6.84. The molecule has 6 nitrogen and oxygen atoms in total. The molecule has 24 heavy (non-hydrogen) atoms. The highest BCUT2D eigenvalue weighted by Gasteiger charge is 2.32. The Morgan fingerprint density at radius 3 is 2.79 bits per heavy atom. The molecule has 6 heteroatoms. The summed E-state index contributed by atoms with van der Waals surface area (Å²) in [6.07, 6.45) is 7.06. The largest absolute Gasteiger partial charge is 0.337 e. The molecule has 1 aliphatic rings. The van der Waals surface area contributed by atoms with Gasteiger partial charge in [0, 0.05) is 37.2 Å². The van der Waals surface area contributed by atoms with Gasteiger partial charge in [-0.05, 0) is 46.1 Å². The molecule has 1 aliphatic heterocycles. The first kappa shape index (κ1) is 16.7. The Balaban J connectivity index is 1.80. The summed E-state index contributed by atoms with van der Waals surface area (Å²) < 4.78 is 3.80. The summed E-state index contributed by atoms with van der Waals surface area (Å²) in [7, 11) is 1.93. The van der Waals surface area contributed by atoms with Crippen molar-refractivity contribution >= 4 is 5.91 Å². The Kier molecular flexibility index (Phi) is 4.73. The number of nitrogens with zero attached hydrogens (tertiary/aromatic N) is 5. The smallest absolute Gasteiger partial charge is 0.230 e. The zero-order chi connectivity index (χ0) is 17.3. The van der Waals surface area contributed by atoms with Crippen LogP contribution in [0.2, 0.25) is 0 Å². The third-order valence-electron chi connectivity index (χ3n) is 5.24. The fraction of sp³-hybridized carbons (Fsp3) is 0.611. The van der Waals surface area contributed by atoms with Crippen LogP contribution in [-0.2, 0) is 18.4 Å². The van der Waals surface area contributed by atoms with Crippen LogP contribution in [0.15, 0.2) is 18.5 Å². The van der Waals surface area contributed by atoms with Crippen molar-refractivity contribution < 1.29 is 4.79 Å². The summed E-state index contributed by atoms with van der Waals surface area (Å²) in [6.45, 7) is 7.66. The van der Waals surface area contributed by atoms with Crippen LogP contribution >= 0.6 is 0 Å². The standard InChI is InChI=1S/C18H27N5O/c1-13(17-14(2)20-21(4)15(17)3)18(24)23-11-6-5-8-16(23)12-22-10-7-9-19-22/h7,9-10,13,16H,5-6,8,11-12H2,1-4H3/t13-,16+/m0/s1. The highest BCUT2D eigenvalue weighted by atomic mass is 16.2. The predicted octanol–water partition coefficient (Wildman–Crippen LogP) is 2.42. The molecule has 0 saturated carbocycles. The Hall–Kier alpha value is -2.11. The zero-order valence-corrected chi connectivity index (χ0v) is 15.1. The molecule has 130 valence electrons. The maximum Gasteiger partial charge on any atom is 0.230 e. The van der Waals surface area contributed by atoms with E-state index in [9.17, 15) is 4.79 Å². The number of rotatable bonds is 4. The monoisotopic (exact) mass is 329 g/mol. The molecule has 0 radical (unpaired) electrons. The number of aryl methyl sites for hydroxylation is 2. The number of amides is 1. The quantitative estimate of drug-likeness (QED) is 0.865. The van der Waals surface area contributed by atoms with E-state index >= 15 is 0 Å². The SMILES string of the molecule is Cc1nn(C)c(C)c1[C@H](C)C(=O)N1CCCC[C@@H]1Cn1cccn1. The van der Waals surface area contributed by atoms with Crippen molar-refractivity contribution in [1.82, 2.24) is 24.5 Å². The topological polar surface area (TPSA) is 56.0 Å². The van der Waals surface area contributed by atoms with E-state index in [0.29, 0.717) is 0 Å². The Morgan fingerprint density at radius 2 is 2.17 bits per heavy atom. The van der Waals surface area contributed by atoms with Gasteiger partial charge in [0.05, 0.1) is 24.2 Å². The summed E-state index contributed by atoms with van der Waals surface area (Å²) in [5, 5.41) is 8.77. The number of piperidine rings is 1. The van der Waals surface area contributed by atoms with E-state index in [4.69, 9.17) is 0 Å². The van der Waals surface area contributed by atoms with Gasteiger partial charge in [0.25, 0.3) is 0 Å². The van der Waals surface area contributed by atoms with Crippen molar-refractivity contribution in [2.24, 2.45) is 7.05 Å². The lowest BCUT2D eigenvalue weighted by atomic mass is 9.94. The number of likely N-dealkylation sites (tertiary alicyclic amines) is 1. The highest BCUT2D eigenvalue weighted by Crippen LogP contribution is 2.28.